The lowest BCUT2D eigenvalue weighted by atomic mass is 9.96. The molecule has 2 fully saturated rings. The van der Waals surface area contributed by atoms with Gasteiger partial charge in [0.15, 0.2) is 0 Å². The van der Waals surface area contributed by atoms with Gasteiger partial charge in [0.2, 0.25) is 11.8 Å². The summed E-state index contributed by atoms with van der Waals surface area (Å²) >= 11 is 0. The molecule has 0 bridgehead atoms. The van der Waals surface area contributed by atoms with Gasteiger partial charge >= 0.3 is 6.03 Å². The van der Waals surface area contributed by atoms with E-state index in [1.54, 1.807) is 19.1 Å². The van der Waals surface area contributed by atoms with E-state index in [0.717, 1.165) is 25.7 Å². The van der Waals surface area contributed by atoms with Crippen molar-refractivity contribution < 1.29 is 19.1 Å². The van der Waals surface area contributed by atoms with Crippen molar-refractivity contribution in [1.29, 1.82) is 0 Å². The van der Waals surface area contributed by atoms with Gasteiger partial charge in [-0.25, -0.2) is 4.79 Å². The molecule has 1 saturated carbocycles. The minimum atomic E-state index is -0.331. The number of nitrogens with zero attached hydrogens (tertiary/aromatic N) is 1. The number of carbonyl (C=O) groups is 3. The molecule has 8 nitrogen and oxygen atoms in total. The third-order valence-corrected chi connectivity index (χ3v) is 5.45. The van der Waals surface area contributed by atoms with Crippen LogP contribution in [0.3, 0.4) is 0 Å². The Bertz CT molecular complexity index is 508. The summed E-state index contributed by atoms with van der Waals surface area (Å²) in [6, 6.07) is 0.0115. The molecule has 4 amide bonds. The third kappa shape index (κ3) is 7.36. The summed E-state index contributed by atoms with van der Waals surface area (Å²) in [6.45, 7) is 1.37. The van der Waals surface area contributed by atoms with E-state index in [9.17, 15) is 14.4 Å². The van der Waals surface area contributed by atoms with Crippen molar-refractivity contribution in [3.8, 4) is 0 Å². The SMILES string of the molecule is COCCNC(=O)[C@@H]1CCC[C@@H](NC(=O)NC2CCCC2)CN(C)C(=O)C1. The normalized spacial score (nSPS) is 24.7. The lowest BCUT2D eigenvalue weighted by Crippen LogP contribution is -2.49. The van der Waals surface area contributed by atoms with Gasteiger partial charge in [-0.15, -0.1) is 0 Å². The second-order valence-electron chi connectivity index (χ2n) is 7.69. The van der Waals surface area contributed by atoms with Crippen LogP contribution >= 0.6 is 0 Å². The number of hydrogen-bond donors (Lipinski definition) is 3. The average molecular weight is 383 g/mol. The zero-order valence-corrected chi connectivity index (χ0v) is 16.6. The molecule has 0 unspecified atom stereocenters. The molecule has 0 spiro atoms. The van der Waals surface area contributed by atoms with Crippen LogP contribution in [0.15, 0.2) is 0 Å². The van der Waals surface area contributed by atoms with E-state index in [1.807, 2.05) is 0 Å². The maximum atomic E-state index is 12.5. The Balaban J connectivity index is 1.86. The largest absolute Gasteiger partial charge is 0.383 e. The first-order valence-electron chi connectivity index (χ1n) is 10.1. The third-order valence-electron chi connectivity index (χ3n) is 5.45. The maximum Gasteiger partial charge on any atom is 0.315 e. The summed E-state index contributed by atoms with van der Waals surface area (Å²) in [5.41, 5.74) is 0. The van der Waals surface area contributed by atoms with Crippen LogP contribution < -0.4 is 16.0 Å². The van der Waals surface area contributed by atoms with Crippen molar-refractivity contribution in [3.05, 3.63) is 0 Å². The molecule has 1 aliphatic heterocycles. The zero-order valence-electron chi connectivity index (χ0n) is 16.6. The minimum Gasteiger partial charge on any atom is -0.383 e. The van der Waals surface area contributed by atoms with E-state index in [-0.39, 0.29) is 42.3 Å². The number of nitrogens with one attached hydrogen (secondary N) is 3. The molecule has 1 aliphatic carbocycles. The topological polar surface area (TPSA) is 99.8 Å². The summed E-state index contributed by atoms with van der Waals surface area (Å²) in [4.78, 5) is 38.7. The number of ether oxygens (including phenoxy) is 1. The Morgan fingerprint density at radius 1 is 1.07 bits per heavy atom. The summed E-state index contributed by atoms with van der Waals surface area (Å²) in [6.07, 6.45) is 6.79. The van der Waals surface area contributed by atoms with Gasteiger partial charge in [0.25, 0.3) is 0 Å². The fraction of sp³-hybridized carbons (Fsp3) is 0.842. The lowest BCUT2D eigenvalue weighted by Gasteiger charge is -2.25. The van der Waals surface area contributed by atoms with Gasteiger partial charge < -0.3 is 25.6 Å². The molecular weight excluding hydrogens is 348 g/mol. The lowest BCUT2D eigenvalue weighted by molar-refractivity contribution is -0.135. The molecule has 2 aliphatic rings. The highest BCUT2D eigenvalue weighted by molar-refractivity contribution is 5.85. The molecule has 0 aromatic carbocycles. The number of amides is 4. The van der Waals surface area contributed by atoms with Crippen LogP contribution in [0.25, 0.3) is 0 Å². The van der Waals surface area contributed by atoms with E-state index >= 15 is 0 Å². The molecule has 0 radical (unpaired) electrons. The van der Waals surface area contributed by atoms with E-state index < -0.39 is 0 Å². The predicted molar refractivity (Wildman–Crippen MR) is 102 cm³/mol. The Labute approximate surface area is 161 Å². The standard InChI is InChI=1S/C19H34N4O4/c1-23-13-16(22-19(26)21-15-7-3-4-8-15)9-5-6-14(12-17(23)24)18(25)20-10-11-27-2/h14-16H,3-13H2,1-2H3,(H,20,25)(H2,21,22,26)/t14-,16-/m1/s1. The van der Waals surface area contributed by atoms with Gasteiger partial charge in [-0.2, -0.15) is 0 Å². The van der Waals surface area contributed by atoms with E-state index in [0.29, 0.717) is 26.1 Å². The first-order valence-corrected chi connectivity index (χ1v) is 10.1. The number of urea groups is 1. The Morgan fingerprint density at radius 2 is 1.74 bits per heavy atom. The number of hydrogen-bond acceptors (Lipinski definition) is 4. The van der Waals surface area contributed by atoms with Crippen molar-refractivity contribution in [2.45, 2.75) is 63.5 Å². The monoisotopic (exact) mass is 382 g/mol. The molecule has 1 heterocycles. The summed E-state index contributed by atoms with van der Waals surface area (Å²) < 4.78 is 4.94. The van der Waals surface area contributed by atoms with Gasteiger partial charge in [0, 0.05) is 51.7 Å². The highest BCUT2D eigenvalue weighted by Gasteiger charge is 2.28. The smallest absolute Gasteiger partial charge is 0.315 e. The van der Waals surface area contributed by atoms with E-state index in [1.165, 1.54) is 12.8 Å². The first kappa shape index (κ1) is 21.5. The van der Waals surface area contributed by atoms with Gasteiger partial charge in [-0.1, -0.05) is 19.3 Å². The van der Waals surface area contributed by atoms with Gasteiger partial charge in [0.05, 0.1) is 6.61 Å². The second kappa shape index (κ2) is 11.1. The Morgan fingerprint density at radius 3 is 2.44 bits per heavy atom. The van der Waals surface area contributed by atoms with Crippen molar-refractivity contribution in [3.63, 3.8) is 0 Å². The summed E-state index contributed by atoms with van der Waals surface area (Å²) in [5, 5.41) is 8.87. The van der Waals surface area contributed by atoms with Crippen LogP contribution in [0.1, 0.15) is 51.4 Å². The molecule has 8 heteroatoms. The molecular formula is C19H34N4O4. The number of methoxy groups -OCH3 is 1. The van der Waals surface area contributed by atoms with Crippen molar-refractivity contribution >= 4 is 17.8 Å². The van der Waals surface area contributed by atoms with Gasteiger partial charge in [-0.05, 0) is 25.7 Å². The highest BCUT2D eigenvalue weighted by atomic mass is 16.5. The molecule has 27 heavy (non-hydrogen) atoms. The van der Waals surface area contributed by atoms with Gasteiger partial charge in [-0.3, -0.25) is 9.59 Å². The minimum absolute atomic E-state index is 0.0632. The molecule has 2 rings (SSSR count). The predicted octanol–water partition coefficient (Wildman–Crippen LogP) is 1.01. The second-order valence-corrected chi connectivity index (χ2v) is 7.69. The molecule has 1 saturated heterocycles. The summed E-state index contributed by atoms with van der Waals surface area (Å²) in [7, 11) is 3.32. The number of carbonyl (C=O) groups excluding carboxylic acids is 3. The average Bonchev–Trinajstić information content (AvgIpc) is 3.14. The highest BCUT2D eigenvalue weighted by Crippen LogP contribution is 2.19. The molecule has 0 aromatic rings. The van der Waals surface area contributed by atoms with Crippen molar-refractivity contribution in [1.82, 2.24) is 20.9 Å². The fourth-order valence-corrected chi connectivity index (χ4v) is 3.85. The van der Waals surface area contributed by atoms with Gasteiger partial charge in [0.1, 0.15) is 0 Å². The molecule has 3 N–H and O–H groups in total. The van der Waals surface area contributed by atoms with Crippen LogP contribution in [0.2, 0.25) is 0 Å². The molecule has 154 valence electrons. The first-order chi connectivity index (χ1) is 13.0. The van der Waals surface area contributed by atoms with Crippen LogP contribution in [0.5, 0.6) is 0 Å². The quantitative estimate of drug-likeness (QED) is 0.597. The molecule has 0 aromatic heterocycles. The number of likely N-dealkylation sites (N-methyl/N-ethyl adjacent to an activating group) is 1. The van der Waals surface area contributed by atoms with Crippen LogP contribution in [0, 0.1) is 5.92 Å². The Kier molecular flexibility index (Phi) is 8.84. The summed E-state index contributed by atoms with van der Waals surface area (Å²) in [5.74, 6) is -0.492. The molecule has 2 atom stereocenters. The number of rotatable bonds is 6. The van der Waals surface area contributed by atoms with E-state index in [4.69, 9.17) is 4.74 Å². The maximum absolute atomic E-state index is 12.5. The van der Waals surface area contributed by atoms with Crippen LogP contribution in [-0.4, -0.2) is 68.7 Å². The van der Waals surface area contributed by atoms with Crippen molar-refractivity contribution in [2.75, 3.05) is 33.9 Å². The zero-order chi connectivity index (χ0) is 19.6. The fourth-order valence-electron chi connectivity index (χ4n) is 3.85. The van der Waals surface area contributed by atoms with E-state index in [2.05, 4.69) is 16.0 Å². The van der Waals surface area contributed by atoms with Crippen molar-refractivity contribution in [2.24, 2.45) is 5.92 Å². The van der Waals surface area contributed by atoms with Crippen LogP contribution in [-0.2, 0) is 14.3 Å². The Hall–Kier alpha value is -1.83. The van der Waals surface area contributed by atoms with Crippen LogP contribution in [0.4, 0.5) is 4.79 Å².